The molecule has 1 N–H and O–H groups in total. The molecule has 2 aromatic carbocycles. The third kappa shape index (κ3) is 5.11. The molecule has 1 heterocycles. The number of fused-ring (bicyclic) bond motifs is 1. The quantitative estimate of drug-likeness (QED) is 0.521. The number of hydrogen-bond acceptors (Lipinski definition) is 5. The first kappa shape index (κ1) is 20.4. The van der Waals surface area contributed by atoms with E-state index in [-0.39, 0.29) is 17.5 Å². The zero-order valence-electron chi connectivity index (χ0n) is 15.2. The van der Waals surface area contributed by atoms with Crippen LogP contribution in [-0.2, 0) is 26.2 Å². The molecule has 3 rings (SSSR count). The molecule has 1 aliphatic rings. The van der Waals surface area contributed by atoms with E-state index in [2.05, 4.69) is 9.71 Å². The summed E-state index contributed by atoms with van der Waals surface area (Å²) < 4.78 is 31.7. The number of sulfonamides is 1. The second-order valence-electron chi connectivity index (χ2n) is 6.39. The Hall–Kier alpha value is -2.38. The predicted molar refractivity (Wildman–Crippen MR) is 108 cm³/mol. The van der Waals surface area contributed by atoms with Gasteiger partial charge in [-0.3, -0.25) is 14.5 Å². The van der Waals surface area contributed by atoms with Gasteiger partial charge >= 0.3 is 5.97 Å². The number of rotatable bonds is 8. The number of carbonyl (C=O) groups is 1. The molecule has 2 aromatic rings. The van der Waals surface area contributed by atoms with Crippen LogP contribution < -0.4 is 4.72 Å². The van der Waals surface area contributed by atoms with Crippen molar-refractivity contribution in [3.63, 3.8) is 0 Å². The second kappa shape index (κ2) is 9.21. The van der Waals surface area contributed by atoms with Crippen molar-refractivity contribution < 1.29 is 17.9 Å². The van der Waals surface area contributed by atoms with E-state index < -0.39 is 10.0 Å². The molecule has 148 valence electrons. The summed E-state index contributed by atoms with van der Waals surface area (Å²) in [6.45, 7) is 0.659. The van der Waals surface area contributed by atoms with Crippen molar-refractivity contribution in [1.82, 2.24) is 4.72 Å². The van der Waals surface area contributed by atoms with E-state index in [1.54, 1.807) is 30.3 Å². The van der Waals surface area contributed by atoms with Crippen molar-refractivity contribution in [2.24, 2.45) is 4.99 Å². The summed E-state index contributed by atoms with van der Waals surface area (Å²) in [6, 6.07) is 14.0. The van der Waals surface area contributed by atoms with Gasteiger partial charge in [0, 0.05) is 29.1 Å². The highest BCUT2D eigenvalue weighted by atomic mass is 35.5. The molecule has 1 aliphatic heterocycles. The maximum Gasteiger partial charge on any atom is 0.306 e. The average Bonchev–Trinajstić information content (AvgIpc) is 2.94. The van der Waals surface area contributed by atoms with Crippen LogP contribution in [0.2, 0.25) is 5.02 Å². The first-order valence-corrected chi connectivity index (χ1v) is 10.9. The lowest BCUT2D eigenvalue weighted by Gasteiger charge is -2.06. The number of ether oxygens (including phenoxy) is 1. The molecule has 0 aliphatic carbocycles. The highest BCUT2D eigenvalue weighted by molar-refractivity contribution is 7.90. The van der Waals surface area contributed by atoms with E-state index in [1.807, 2.05) is 18.2 Å². The van der Waals surface area contributed by atoms with Gasteiger partial charge in [-0.15, -0.1) is 0 Å². The van der Waals surface area contributed by atoms with Crippen molar-refractivity contribution >= 4 is 33.4 Å². The molecule has 0 saturated heterocycles. The first-order valence-electron chi connectivity index (χ1n) is 9.03. The SMILES string of the molecule is O=C(CCCCCN=C1NS(=O)(=O)c2ccccc21)OCc1ccccc1Cl. The Bertz CT molecular complexity index is 989. The molecule has 0 aromatic heterocycles. The van der Waals surface area contributed by atoms with Crippen LogP contribution >= 0.6 is 11.6 Å². The maximum absolute atomic E-state index is 12.0. The van der Waals surface area contributed by atoms with E-state index in [1.165, 1.54) is 0 Å². The number of carbonyl (C=O) groups excluding carboxylic acids is 1. The highest BCUT2D eigenvalue weighted by Gasteiger charge is 2.29. The maximum atomic E-state index is 12.0. The van der Waals surface area contributed by atoms with Crippen LogP contribution in [0, 0.1) is 0 Å². The lowest BCUT2D eigenvalue weighted by molar-refractivity contribution is -0.145. The van der Waals surface area contributed by atoms with Crippen LogP contribution in [0.5, 0.6) is 0 Å². The summed E-state index contributed by atoms with van der Waals surface area (Å²) in [4.78, 5) is 16.4. The molecular formula is C20H21ClN2O4S. The third-order valence-electron chi connectivity index (χ3n) is 4.32. The topological polar surface area (TPSA) is 84.8 Å². The molecule has 0 bridgehead atoms. The number of aliphatic imine (C=N–C) groups is 1. The van der Waals surface area contributed by atoms with E-state index in [0.717, 1.165) is 18.4 Å². The minimum Gasteiger partial charge on any atom is -0.461 e. The van der Waals surface area contributed by atoms with Gasteiger partial charge in [0.05, 0.1) is 4.90 Å². The van der Waals surface area contributed by atoms with Gasteiger partial charge in [-0.1, -0.05) is 48.4 Å². The lowest BCUT2D eigenvalue weighted by Crippen LogP contribution is -2.22. The minimum atomic E-state index is -3.50. The van der Waals surface area contributed by atoms with Crippen LogP contribution in [0.15, 0.2) is 58.4 Å². The minimum absolute atomic E-state index is 0.172. The molecule has 28 heavy (non-hydrogen) atoms. The monoisotopic (exact) mass is 420 g/mol. The molecule has 0 fully saturated rings. The fourth-order valence-electron chi connectivity index (χ4n) is 2.85. The number of esters is 1. The van der Waals surface area contributed by atoms with Gasteiger partial charge in [0.2, 0.25) is 0 Å². The normalized spacial score (nSPS) is 15.8. The van der Waals surface area contributed by atoms with Crippen molar-refractivity contribution in [2.45, 2.75) is 37.2 Å². The molecular weight excluding hydrogens is 400 g/mol. The summed E-state index contributed by atoms with van der Waals surface area (Å²) in [5, 5.41) is 0.582. The molecule has 0 atom stereocenters. The van der Waals surface area contributed by atoms with Gasteiger partial charge in [-0.2, -0.15) is 0 Å². The molecule has 8 heteroatoms. The third-order valence-corrected chi connectivity index (χ3v) is 6.08. The molecule has 0 radical (unpaired) electrons. The summed E-state index contributed by atoms with van der Waals surface area (Å²) in [6.07, 6.45) is 2.57. The number of hydrogen-bond donors (Lipinski definition) is 1. The molecule has 0 amide bonds. The van der Waals surface area contributed by atoms with Crippen molar-refractivity contribution in [3.05, 3.63) is 64.7 Å². The van der Waals surface area contributed by atoms with Crippen LogP contribution in [0.1, 0.15) is 36.8 Å². The highest BCUT2D eigenvalue weighted by Crippen LogP contribution is 2.22. The van der Waals surface area contributed by atoms with Gasteiger partial charge in [-0.25, -0.2) is 8.42 Å². The zero-order chi connectivity index (χ0) is 20.0. The van der Waals surface area contributed by atoms with Crippen LogP contribution in [0.25, 0.3) is 0 Å². The standard InChI is InChI=1S/C20H21ClN2O4S/c21-17-10-5-3-8-15(17)14-27-19(24)12-2-1-7-13-22-20-16-9-4-6-11-18(16)28(25,26)23-20/h3-6,8-11H,1-2,7,12-14H2,(H,22,23). The molecule has 0 unspecified atom stereocenters. The average molecular weight is 421 g/mol. The number of benzene rings is 2. The van der Waals surface area contributed by atoms with Crippen molar-refractivity contribution in [2.75, 3.05) is 6.54 Å². The fraction of sp³-hybridized carbons (Fsp3) is 0.300. The van der Waals surface area contributed by atoms with E-state index in [4.69, 9.17) is 16.3 Å². The number of nitrogens with zero attached hydrogens (tertiary/aromatic N) is 1. The van der Waals surface area contributed by atoms with Gasteiger partial charge in [-0.05, 0) is 31.0 Å². The number of amidine groups is 1. The van der Waals surface area contributed by atoms with Gasteiger partial charge in [0.25, 0.3) is 10.0 Å². The zero-order valence-corrected chi connectivity index (χ0v) is 16.8. The summed E-state index contributed by atoms with van der Waals surface area (Å²) in [7, 11) is -3.50. The molecule has 0 spiro atoms. The van der Waals surface area contributed by atoms with Crippen molar-refractivity contribution in [3.8, 4) is 0 Å². The number of halogens is 1. The Kier molecular flexibility index (Phi) is 6.70. The van der Waals surface area contributed by atoms with Gasteiger partial charge in [0.15, 0.2) is 0 Å². The van der Waals surface area contributed by atoms with E-state index in [0.29, 0.717) is 35.8 Å². The number of nitrogens with one attached hydrogen (secondary N) is 1. The lowest BCUT2D eigenvalue weighted by atomic mass is 10.2. The smallest absolute Gasteiger partial charge is 0.306 e. The van der Waals surface area contributed by atoms with Crippen LogP contribution in [0.3, 0.4) is 0 Å². The Morgan fingerprint density at radius 1 is 1.04 bits per heavy atom. The Labute approximate surface area is 169 Å². The van der Waals surface area contributed by atoms with Gasteiger partial charge in [0.1, 0.15) is 12.4 Å². The Morgan fingerprint density at radius 2 is 1.79 bits per heavy atom. The molecule has 6 nitrogen and oxygen atoms in total. The Balaban J connectivity index is 1.37. The summed E-state index contributed by atoms with van der Waals surface area (Å²) in [5.74, 6) is 0.124. The summed E-state index contributed by atoms with van der Waals surface area (Å²) >= 11 is 6.03. The van der Waals surface area contributed by atoms with Crippen molar-refractivity contribution in [1.29, 1.82) is 0 Å². The second-order valence-corrected chi connectivity index (χ2v) is 8.45. The van der Waals surface area contributed by atoms with Crippen LogP contribution in [0.4, 0.5) is 0 Å². The van der Waals surface area contributed by atoms with E-state index >= 15 is 0 Å². The predicted octanol–water partition coefficient (Wildman–Crippen LogP) is 3.68. The number of unbranched alkanes of at least 4 members (excludes halogenated alkanes) is 2. The first-order chi connectivity index (χ1) is 13.5. The Morgan fingerprint density at radius 3 is 2.61 bits per heavy atom. The van der Waals surface area contributed by atoms with Crippen LogP contribution in [-0.4, -0.2) is 26.8 Å². The van der Waals surface area contributed by atoms with Gasteiger partial charge < -0.3 is 4.74 Å². The molecule has 0 saturated carbocycles. The fourth-order valence-corrected chi connectivity index (χ4v) is 4.29. The van der Waals surface area contributed by atoms with E-state index in [9.17, 15) is 13.2 Å². The largest absolute Gasteiger partial charge is 0.461 e. The summed E-state index contributed by atoms with van der Waals surface area (Å²) in [5.41, 5.74) is 1.39.